The van der Waals surface area contributed by atoms with Gasteiger partial charge in [-0.3, -0.25) is 0 Å². The van der Waals surface area contributed by atoms with Crippen LogP contribution in [0.15, 0.2) is 18.2 Å². The van der Waals surface area contributed by atoms with Crippen LogP contribution in [-0.2, 0) is 0 Å². The third-order valence-corrected chi connectivity index (χ3v) is 3.29. The largest absolute Gasteiger partial charge is 0.490 e. The van der Waals surface area contributed by atoms with Crippen LogP contribution < -0.4 is 9.47 Å². The molecule has 2 nitrogen and oxygen atoms in total. The Hall–Kier alpha value is -0.890. The van der Waals surface area contributed by atoms with E-state index in [-0.39, 0.29) is 0 Å². The van der Waals surface area contributed by atoms with E-state index in [2.05, 4.69) is 19.1 Å². The molecule has 1 atom stereocenters. The molecule has 0 amide bonds. The molecule has 1 aliphatic rings. The first kappa shape index (κ1) is 11.6. The lowest BCUT2D eigenvalue weighted by atomic mass is 9.98. The highest BCUT2D eigenvalue weighted by molar-refractivity contribution is 6.18. The van der Waals surface area contributed by atoms with E-state index in [1.54, 1.807) is 0 Å². The summed E-state index contributed by atoms with van der Waals surface area (Å²) in [6.45, 7) is 3.61. The summed E-state index contributed by atoms with van der Waals surface area (Å²) in [6, 6.07) is 6.15. The van der Waals surface area contributed by atoms with Crippen molar-refractivity contribution in [2.24, 2.45) is 0 Å². The highest BCUT2D eigenvalue weighted by Gasteiger charge is 2.14. The maximum atomic E-state index is 5.95. The summed E-state index contributed by atoms with van der Waals surface area (Å²) in [5.74, 6) is 2.76. The van der Waals surface area contributed by atoms with Crippen molar-refractivity contribution in [3.05, 3.63) is 23.8 Å². The zero-order valence-corrected chi connectivity index (χ0v) is 10.3. The highest BCUT2D eigenvalue weighted by Crippen LogP contribution is 2.33. The Labute approximate surface area is 102 Å². The van der Waals surface area contributed by atoms with Gasteiger partial charge in [-0.2, -0.15) is 0 Å². The molecule has 0 aliphatic carbocycles. The van der Waals surface area contributed by atoms with Gasteiger partial charge >= 0.3 is 0 Å². The zero-order chi connectivity index (χ0) is 11.4. The van der Waals surface area contributed by atoms with Crippen LogP contribution in [0.4, 0.5) is 0 Å². The van der Waals surface area contributed by atoms with Crippen molar-refractivity contribution in [2.75, 3.05) is 19.1 Å². The molecule has 0 fully saturated rings. The normalized spacial score (nSPS) is 16.6. The highest BCUT2D eigenvalue weighted by atomic mass is 35.5. The number of ether oxygens (including phenoxy) is 2. The average Bonchev–Trinajstić information content (AvgIpc) is 2.55. The van der Waals surface area contributed by atoms with E-state index >= 15 is 0 Å². The van der Waals surface area contributed by atoms with Gasteiger partial charge in [0.2, 0.25) is 0 Å². The van der Waals surface area contributed by atoms with Crippen LogP contribution in [0.25, 0.3) is 0 Å². The van der Waals surface area contributed by atoms with Crippen molar-refractivity contribution in [1.82, 2.24) is 0 Å². The van der Waals surface area contributed by atoms with Crippen LogP contribution in [0.3, 0.4) is 0 Å². The molecule has 88 valence electrons. The molecule has 2 rings (SSSR count). The van der Waals surface area contributed by atoms with Gasteiger partial charge in [0.05, 0.1) is 13.2 Å². The van der Waals surface area contributed by atoms with Crippen LogP contribution >= 0.6 is 11.6 Å². The Morgan fingerprint density at radius 1 is 1.25 bits per heavy atom. The molecule has 0 saturated heterocycles. The first-order valence-electron chi connectivity index (χ1n) is 5.80. The molecule has 0 saturated carbocycles. The molecular weight excluding hydrogens is 224 g/mol. The number of alkyl halides is 1. The van der Waals surface area contributed by atoms with Crippen molar-refractivity contribution < 1.29 is 9.47 Å². The van der Waals surface area contributed by atoms with Crippen LogP contribution in [0, 0.1) is 0 Å². The van der Waals surface area contributed by atoms with E-state index in [9.17, 15) is 0 Å². The molecular formula is C13H17ClO2. The van der Waals surface area contributed by atoms with Crippen molar-refractivity contribution >= 4 is 11.6 Å². The van der Waals surface area contributed by atoms with Crippen molar-refractivity contribution in [3.63, 3.8) is 0 Å². The molecule has 1 heterocycles. The molecule has 16 heavy (non-hydrogen) atoms. The summed E-state index contributed by atoms with van der Waals surface area (Å²) in [7, 11) is 0. The lowest BCUT2D eigenvalue weighted by Crippen LogP contribution is -2.00. The first-order chi connectivity index (χ1) is 7.85. The minimum absolute atomic E-state index is 0.402. The van der Waals surface area contributed by atoms with Gasteiger partial charge < -0.3 is 9.47 Å². The minimum Gasteiger partial charge on any atom is -0.490 e. The number of benzene rings is 1. The zero-order valence-electron chi connectivity index (χ0n) is 9.54. The maximum absolute atomic E-state index is 5.95. The van der Waals surface area contributed by atoms with Gasteiger partial charge in [-0.05, 0) is 30.0 Å². The summed E-state index contributed by atoms with van der Waals surface area (Å²) in [5, 5.41) is 0. The van der Waals surface area contributed by atoms with Crippen molar-refractivity contribution in [3.8, 4) is 11.5 Å². The summed E-state index contributed by atoms with van der Waals surface area (Å²) in [5.41, 5.74) is 1.24. The van der Waals surface area contributed by atoms with E-state index in [0.717, 1.165) is 37.6 Å². The molecule has 0 radical (unpaired) electrons. The van der Waals surface area contributed by atoms with E-state index in [1.807, 2.05) is 6.07 Å². The number of hydrogen-bond acceptors (Lipinski definition) is 2. The second-order valence-electron chi connectivity index (χ2n) is 4.02. The molecule has 0 spiro atoms. The Balaban J connectivity index is 2.26. The van der Waals surface area contributed by atoms with Crippen LogP contribution in [-0.4, -0.2) is 19.1 Å². The predicted molar refractivity (Wildman–Crippen MR) is 65.8 cm³/mol. The van der Waals surface area contributed by atoms with E-state index in [1.165, 1.54) is 5.56 Å². The Morgan fingerprint density at radius 3 is 2.69 bits per heavy atom. The summed E-state index contributed by atoms with van der Waals surface area (Å²) in [6.07, 6.45) is 1.99. The van der Waals surface area contributed by atoms with Gasteiger partial charge in [-0.1, -0.05) is 13.0 Å². The average molecular weight is 241 g/mol. The van der Waals surface area contributed by atoms with Crippen LogP contribution in [0.5, 0.6) is 11.5 Å². The van der Waals surface area contributed by atoms with Gasteiger partial charge in [0.1, 0.15) is 0 Å². The molecule has 3 heteroatoms. The van der Waals surface area contributed by atoms with Gasteiger partial charge in [0.15, 0.2) is 11.5 Å². The molecule has 1 aliphatic heterocycles. The molecule has 1 aromatic carbocycles. The van der Waals surface area contributed by atoms with Crippen LogP contribution in [0.2, 0.25) is 0 Å². The lowest BCUT2D eigenvalue weighted by molar-refractivity contribution is 0.297. The van der Waals surface area contributed by atoms with Crippen molar-refractivity contribution in [1.29, 1.82) is 0 Å². The monoisotopic (exact) mass is 240 g/mol. The fourth-order valence-corrected chi connectivity index (χ4v) is 2.26. The molecule has 0 aromatic heterocycles. The Morgan fingerprint density at radius 2 is 2.00 bits per heavy atom. The van der Waals surface area contributed by atoms with Gasteiger partial charge in [-0.25, -0.2) is 0 Å². The molecule has 0 bridgehead atoms. The summed E-state index contributed by atoms with van der Waals surface area (Å²) >= 11 is 5.95. The number of halogens is 1. The third-order valence-electron chi connectivity index (χ3n) is 2.92. The van der Waals surface area contributed by atoms with Gasteiger partial charge in [-0.15, -0.1) is 11.6 Å². The van der Waals surface area contributed by atoms with E-state index in [0.29, 0.717) is 11.8 Å². The summed E-state index contributed by atoms with van der Waals surface area (Å²) < 4.78 is 11.3. The number of fused-ring (bicyclic) bond motifs is 1. The Bertz CT molecular complexity index is 348. The Kier molecular flexibility index (Phi) is 3.94. The van der Waals surface area contributed by atoms with Crippen molar-refractivity contribution in [2.45, 2.75) is 25.7 Å². The van der Waals surface area contributed by atoms with Gasteiger partial charge in [0, 0.05) is 12.3 Å². The fraction of sp³-hybridized carbons (Fsp3) is 0.538. The fourth-order valence-electron chi connectivity index (χ4n) is 1.87. The quantitative estimate of drug-likeness (QED) is 0.752. The second kappa shape index (κ2) is 5.44. The number of hydrogen-bond donors (Lipinski definition) is 0. The van der Waals surface area contributed by atoms with E-state index in [4.69, 9.17) is 21.1 Å². The lowest BCUT2D eigenvalue weighted by Gasteiger charge is -2.14. The molecule has 0 N–H and O–H groups in total. The molecule has 1 aromatic rings. The standard InChI is InChI=1S/C13H17ClO2/c1-2-10(9-14)11-4-5-12-13(8-11)16-7-3-6-15-12/h4-5,8,10H,2-3,6-7,9H2,1H3. The van der Waals surface area contributed by atoms with Crippen LogP contribution in [0.1, 0.15) is 31.2 Å². The minimum atomic E-state index is 0.402. The predicted octanol–water partition coefficient (Wildman–Crippen LogP) is 3.58. The molecule has 1 unspecified atom stereocenters. The second-order valence-corrected chi connectivity index (χ2v) is 4.32. The first-order valence-corrected chi connectivity index (χ1v) is 6.34. The topological polar surface area (TPSA) is 18.5 Å². The third kappa shape index (κ3) is 2.43. The SMILES string of the molecule is CCC(CCl)c1ccc2c(c1)OCCCO2. The van der Waals surface area contributed by atoms with Gasteiger partial charge in [0.25, 0.3) is 0 Å². The number of rotatable bonds is 3. The smallest absolute Gasteiger partial charge is 0.161 e. The maximum Gasteiger partial charge on any atom is 0.161 e. The summed E-state index contributed by atoms with van der Waals surface area (Å²) in [4.78, 5) is 0. The van der Waals surface area contributed by atoms with E-state index < -0.39 is 0 Å².